The zero-order chi connectivity index (χ0) is 23.3. The Morgan fingerprint density at radius 2 is 1.97 bits per heavy atom. The Bertz CT molecular complexity index is 1180. The number of aromatic nitrogens is 3. The van der Waals surface area contributed by atoms with Gasteiger partial charge in [-0.1, -0.05) is 26.0 Å². The molecule has 0 radical (unpaired) electrons. The van der Waals surface area contributed by atoms with E-state index in [9.17, 15) is 13.2 Å². The molecular formula is C25H26F3N5. The van der Waals surface area contributed by atoms with Gasteiger partial charge in [0.05, 0.1) is 11.3 Å². The topological polar surface area (TPSA) is 37.2 Å². The molecule has 0 spiro atoms. The van der Waals surface area contributed by atoms with Crippen molar-refractivity contribution in [2.24, 2.45) is 13.0 Å². The van der Waals surface area contributed by atoms with Gasteiger partial charge in [0, 0.05) is 31.1 Å². The fourth-order valence-electron chi connectivity index (χ4n) is 4.86. The van der Waals surface area contributed by atoms with Crippen LogP contribution in [0.25, 0.3) is 0 Å². The molecule has 5 rings (SSSR count). The average Bonchev–Trinajstić information content (AvgIpc) is 3.32. The van der Waals surface area contributed by atoms with E-state index in [-0.39, 0.29) is 11.6 Å². The van der Waals surface area contributed by atoms with Crippen LogP contribution >= 0.6 is 0 Å². The van der Waals surface area contributed by atoms with E-state index in [1.807, 2.05) is 17.7 Å². The Labute approximate surface area is 191 Å². The first-order valence-corrected chi connectivity index (χ1v) is 11.2. The highest BCUT2D eigenvalue weighted by Gasteiger charge is 2.42. The van der Waals surface area contributed by atoms with E-state index < -0.39 is 11.7 Å². The van der Waals surface area contributed by atoms with Crippen LogP contribution in [0.3, 0.4) is 0 Å². The Kier molecular flexibility index (Phi) is 5.18. The van der Waals surface area contributed by atoms with Crippen LogP contribution in [0.5, 0.6) is 0 Å². The van der Waals surface area contributed by atoms with Crippen LogP contribution in [0.4, 0.5) is 18.9 Å². The summed E-state index contributed by atoms with van der Waals surface area (Å²) in [6.07, 6.45) is 7.19. The number of nitrogens with zero attached hydrogens (tertiary/aromatic N) is 5. The number of anilines is 1. The molecule has 0 bridgehead atoms. The molecule has 1 atom stereocenters. The molecule has 1 aromatic carbocycles. The van der Waals surface area contributed by atoms with Crippen molar-refractivity contribution in [3.05, 3.63) is 89.7 Å². The van der Waals surface area contributed by atoms with Gasteiger partial charge in [-0.3, -0.25) is 0 Å². The SMILES string of the molecule is C=C1N2C=CC=C(C(F)(F)F)C2=CN1c1cc(CC)cc(C(c2nncn2C)C2CCC2)c1. The summed E-state index contributed by atoms with van der Waals surface area (Å²) < 4.78 is 42.8. The van der Waals surface area contributed by atoms with Gasteiger partial charge < -0.3 is 14.4 Å². The molecule has 1 aromatic heterocycles. The van der Waals surface area contributed by atoms with Gasteiger partial charge in [0.2, 0.25) is 0 Å². The number of hydrogen-bond donors (Lipinski definition) is 0. The highest BCUT2D eigenvalue weighted by Crippen LogP contribution is 2.46. The van der Waals surface area contributed by atoms with Crippen molar-refractivity contribution in [2.75, 3.05) is 4.90 Å². The van der Waals surface area contributed by atoms with Gasteiger partial charge in [-0.2, -0.15) is 13.2 Å². The van der Waals surface area contributed by atoms with E-state index in [0.29, 0.717) is 11.7 Å². The lowest BCUT2D eigenvalue weighted by molar-refractivity contribution is -0.0908. The molecule has 172 valence electrons. The zero-order valence-electron chi connectivity index (χ0n) is 18.7. The summed E-state index contributed by atoms with van der Waals surface area (Å²) in [6.45, 7) is 6.18. The summed E-state index contributed by atoms with van der Waals surface area (Å²) in [7, 11) is 1.95. The van der Waals surface area contributed by atoms with Crippen LogP contribution in [0.1, 0.15) is 49.1 Å². The summed E-state index contributed by atoms with van der Waals surface area (Å²) in [5, 5.41) is 8.50. The normalized spacial score (nSPS) is 19.4. The molecule has 2 aliphatic heterocycles. The number of benzene rings is 1. The first-order valence-electron chi connectivity index (χ1n) is 11.2. The summed E-state index contributed by atoms with van der Waals surface area (Å²) in [5.74, 6) is 1.95. The van der Waals surface area contributed by atoms with Gasteiger partial charge in [0.15, 0.2) is 0 Å². The molecule has 1 unspecified atom stereocenters. The van der Waals surface area contributed by atoms with Gasteiger partial charge in [-0.15, -0.1) is 10.2 Å². The van der Waals surface area contributed by atoms with E-state index >= 15 is 0 Å². The highest BCUT2D eigenvalue weighted by molar-refractivity contribution is 5.64. The Morgan fingerprint density at radius 3 is 2.58 bits per heavy atom. The molecular weight excluding hydrogens is 427 g/mol. The molecule has 5 nitrogen and oxygen atoms in total. The zero-order valence-corrected chi connectivity index (χ0v) is 18.7. The largest absolute Gasteiger partial charge is 0.418 e. The van der Waals surface area contributed by atoms with Crippen molar-refractivity contribution in [1.82, 2.24) is 19.7 Å². The number of fused-ring (bicyclic) bond motifs is 1. The van der Waals surface area contributed by atoms with Crippen LogP contribution < -0.4 is 4.90 Å². The summed E-state index contributed by atoms with van der Waals surface area (Å²) >= 11 is 0. The number of hydrogen-bond acceptors (Lipinski definition) is 4. The maximum absolute atomic E-state index is 13.6. The van der Waals surface area contributed by atoms with Crippen molar-refractivity contribution < 1.29 is 13.2 Å². The van der Waals surface area contributed by atoms with Crippen molar-refractivity contribution in [3.8, 4) is 0 Å². The predicted molar refractivity (Wildman–Crippen MR) is 121 cm³/mol. The van der Waals surface area contributed by atoms with Gasteiger partial charge in [-0.05, 0) is 60.6 Å². The fourth-order valence-corrected chi connectivity index (χ4v) is 4.86. The minimum atomic E-state index is -4.44. The third-order valence-electron chi connectivity index (χ3n) is 6.84. The van der Waals surface area contributed by atoms with Crippen LogP contribution in [-0.4, -0.2) is 25.8 Å². The fraction of sp³-hybridized carbons (Fsp3) is 0.360. The summed E-state index contributed by atoms with van der Waals surface area (Å²) in [6, 6.07) is 6.29. The second-order valence-corrected chi connectivity index (χ2v) is 8.85. The molecule has 3 aliphatic rings. The minimum Gasteiger partial charge on any atom is -0.320 e. The van der Waals surface area contributed by atoms with Crippen molar-refractivity contribution in [3.63, 3.8) is 0 Å². The quantitative estimate of drug-likeness (QED) is 0.577. The summed E-state index contributed by atoms with van der Waals surface area (Å²) in [5.41, 5.74) is 2.45. The van der Waals surface area contributed by atoms with E-state index in [2.05, 4.69) is 35.8 Å². The number of halogens is 3. The minimum absolute atomic E-state index is 0.0855. The molecule has 3 heterocycles. The molecule has 33 heavy (non-hydrogen) atoms. The van der Waals surface area contributed by atoms with Crippen molar-refractivity contribution in [2.45, 2.75) is 44.7 Å². The number of aryl methyl sites for hydroxylation is 2. The second-order valence-electron chi connectivity index (χ2n) is 8.85. The second kappa shape index (κ2) is 7.93. The number of allylic oxidation sites excluding steroid dienone is 3. The average molecular weight is 454 g/mol. The molecule has 0 amide bonds. The molecule has 1 aliphatic carbocycles. The van der Waals surface area contributed by atoms with Crippen LogP contribution in [-0.2, 0) is 13.5 Å². The Hall–Kier alpha value is -3.29. The molecule has 1 fully saturated rings. The Morgan fingerprint density at radius 1 is 1.18 bits per heavy atom. The number of rotatable bonds is 5. The molecule has 2 aromatic rings. The lowest BCUT2D eigenvalue weighted by atomic mass is 9.72. The smallest absolute Gasteiger partial charge is 0.320 e. The van der Waals surface area contributed by atoms with E-state index in [1.54, 1.807) is 17.4 Å². The monoisotopic (exact) mass is 453 g/mol. The van der Waals surface area contributed by atoms with Crippen molar-refractivity contribution in [1.29, 1.82) is 0 Å². The van der Waals surface area contributed by atoms with E-state index in [4.69, 9.17) is 0 Å². The maximum atomic E-state index is 13.6. The lowest BCUT2D eigenvalue weighted by Gasteiger charge is -2.34. The maximum Gasteiger partial charge on any atom is 0.418 e. The standard InChI is InChI=1S/C25H26F3N5/c1-4-17-11-19(23(18-7-5-8-18)24-30-29-15-31(24)3)13-20(12-17)33-14-22-21(25(26,27)28)9-6-10-32(22)16(33)2/h6,9-15,18,23H,2,4-5,7-8H2,1,3H3. The van der Waals surface area contributed by atoms with Gasteiger partial charge in [0.1, 0.15) is 18.0 Å². The van der Waals surface area contributed by atoms with Crippen molar-refractivity contribution >= 4 is 5.69 Å². The first-order chi connectivity index (χ1) is 15.8. The van der Waals surface area contributed by atoms with E-state index in [0.717, 1.165) is 48.0 Å². The predicted octanol–water partition coefficient (Wildman–Crippen LogP) is 5.76. The molecule has 0 N–H and O–H groups in total. The van der Waals surface area contributed by atoms with Crippen LogP contribution in [0.2, 0.25) is 0 Å². The third-order valence-corrected chi connectivity index (χ3v) is 6.84. The molecule has 0 saturated heterocycles. The summed E-state index contributed by atoms with van der Waals surface area (Å²) in [4.78, 5) is 3.24. The lowest BCUT2D eigenvalue weighted by Crippen LogP contribution is -2.25. The third kappa shape index (κ3) is 3.67. The van der Waals surface area contributed by atoms with Crippen LogP contribution in [0.15, 0.2) is 72.7 Å². The Balaban J connectivity index is 1.59. The molecule has 8 heteroatoms. The number of alkyl halides is 3. The van der Waals surface area contributed by atoms with Gasteiger partial charge >= 0.3 is 6.18 Å². The first kappa shape index (κ1) is 21.6. The van der Waals surface area contributed by atoms with E-state index in [1.165, 1.54) is 23.6 Å². The van der Waals surface area contributed by atoms with Gasteiger partial charge in [0.25, 0.3) is 0 Å². The highest BCUT2D eigenvalue weighted by atomic mass is 19.4. The van der Waals surface area contributed by atoms with Gasteiger partial charge in [-0.25, -0.2) is 0 Å². The van der Waals surface area contributed by atoms with Crippen LogP contribution in [0, 0.1) is 5.92 Å². The molecule has 1 saturated carbocycles.